The molecule has 0 aliphatic carbocycles. The Labute approximate surface area is 359 Å². The third-order valence-corrected chi connectivity index (χ3v) is 13.6. The number of anilines is 1. The van der Waals surface area contributed by atoms with Gasteiger partial charge in [-0.05, 0) is 36.6 Å². The molecule has 14 nitrogen and oxygen atoms in total. The van der Waals surface area contributed by atoms with E-state index in [4.69, 9.17) is 14.2 Å². The second-order valence-corrected chi connectivity index (χ2v) is 18.0. The van der Waals surface area contributed by atoms with Crippen LogP contribution in [0.4, 0.5) is 10.5 Å². The highest BCUT2D eigenvalue weighted by molar-refractivity contribution is 8.76. The molecule has 2 fully saturated rings. The minimum absolute atomic E-state index is 0.0221. The number of hydrogen-bond acceptors (Lipinski definition) is 11. The van der Waals surface area contributed by atoms with E-state index in [2.05, 4.69) is 38.4 Å². The van der Waals surface area contributed by atoms with Gasteiger partial charge >= 0.3 is 6.03 Å². The van der Waals surface area contributed by atoms with Crippen LogP contribution in [0.1, 0.15) is 61.6 Å². The molecule has 3 aliphatic heterocycles. The quantitative estimate of drug-likeness (QED) is 0.0384. The summed E-state index contributed by atoms with van der Waals surface area (Å²) in [5.74, 6) is 8.47. The Balaban J connectivity index is 0.759. The second-order valence-electron chi connectivity index (χ2n) is 14.1. The lowest BCUT2D eigenvalue weighted by molar-refractivity contribution is -0.123. The Morgan fingerprint density at radius 3 is 2.22 bits per heavy atom. The molecule has 0 radical (unpaired) electrons. The van der Waals surface area contributed by atoms with E-state index in [1.54, 1.807) is 26.5 Å². The van der Waals surface area contributed by atoms with Crippen molar-refractivity contribution in [1.82, 2.24) is 26.6 Å². The predicted octanol–water partition coefficient (Wildman–Crippen LogP) is 3.61. The fourth-order valence-electron chi connectivity index (χ4n) is 6.64. The molecule has 0 bridgehead atoms. The highest BCUT2D eigenvalue weighted by atomic mass is 33.1. The smallest absolute Gasteiger partial charge is 0.315 e. The number of urea groups is 1. The van der Waals surface area contributed by atoms with Crippen LogP contribution < -0.4 is 31.5 Å². The molecule has 0 spiro atoms. The molecule has 2 aromatic rings. The summed E-state index contributed by atoms with van der Waals surface area (Å²) in [4.78, 5) is 63.1. The third-order valence-electron chi connectivity index (χ3n) is 9.70. The van der Waals surface area contributed by atoms with E-state index in [1.807, 2.05) is 60.3 Å². The third kappa shape index (κ3) is 16.6. The highest BCUT2D eigenvalue weighted by Gasteiger charge is 2.42. The molecule has 3 heterocycles. The van der Waals surface area contributed by atoms with Crippen molar-refractivity contribution in [3.05, 3.63) is 65.2 Å². The molecule has 6 amide bonds. The molecule has 17 heteroatoms. The van der Waals surface area contributed by atoms with E-state index in [0.29, 0.717) is 88.9 Å². The SMILES string of the molecule is O=C(CCCC[C@@H]1SC[C@@H]2NC(=O)N[C@@H]21)NCCOCCOCCOCCC(=O)NCCSSCCC(=O)NCCC(=O)N1Cc2ccccc2C#Cc2ccccc21. The first-order valence-electron chi connectivity index (χ1n) is 20.3. The number of carbonyl (C=O) groups excluding carboxylic acids is 5. The molecule has 320 valence electrons. The first-order valence-corrected chi connectivity index (χ1v) is 23.9. The van der Waals surface area contributed by atoms with Crippen LogP contribution in [0.2, 0.25) is 0 Å². The highest BCUT2D eigenvalue weighted by Crippen LogP contribution is 2.33. The van der Waals surface area contributed by atoms with E-state index in [-0.39, 0.29) is 61.1 Å². The number of rotatable bonds is 27. The number of fused-ring (bicyclic) bond motifs is 3. The fourth-order valence-corrected chi connectivity index (χ4v) is 10.1. The molecule has 2 saturated heterocycles. The van der Waals surface area contributed by atoms with Gasteiger partial charge in [0.15, 0.2) is 0 Å². The Bertz CT molecular complexity index is 1760. The molecule has 3 atom stereocenters. The van der Waals surface area contributed by atoms with Crippen molar-refractivity contribution >= 4 is 68.7 Å². The summed E-state index contributed by atoms with van der Waals surface area (Å²) in [5, 5.41) is 15.0. The molecule has 5 rings (SSSR count). The monoisotopic (exact) mass is 868 g/mol. The number of carbonyl (C=O) groups is 5. The number of hydrogen-bond donors (Lipinski definition) is 5. The Morgan fingerprint density at radius 2 is 1.37 bits per heavy atom. The van der Waals surface area contributed by atoms with Crippen molar-refractivity contribution in [3.8, 4) is 11.8 Å². The van der Waals surface area contributed by atoms with Crippen LogP contribution in [-0.2, 0) is 39.9 Å². The topological polar surface area (TPSA) is 176 Å². The summed E-state index contributed by atoms with van der Waals surface area (Å²) in [6, 6.07) is 15.8. The Kier molecular flexibility index (Phi) is 20.6. The number of unbranched alkanes of at least 4 members (excludes halogenated alkanes) is 1. The number of thioether (sulfide) groups is 1. The van der Waals surface area contributed by atoms with Gasteiger partial charge < -0.3 is 45.7 Å². The largest absolute Gasteiger partial charge is 0.379 e. The van der Waals surface area contributed by atoms with Gasteiger partial charge in [-0.15, -0.1) is 0 Å². The van der Waals surface area contributed by atoms with Crippen LogP contribution in [0, 0.1) is 11.8 Å². The van der Waals surface area contributed by atoms with Gasteiger partial charge in [0.25, 0.3) is 0 Å². The second kappa shape index (κ2) is 26.3. The van der Waals surface area contributed by atoms with Crippen LogP contribution in [-0.4, -0.2) is 124 Å². The van der Waals surface area contributed by atoms with E-state index in [9.17, 15) is 24.0 Å². The molecule has 0 saturated carbocycles. The van der Waals surface area contributed by atoms with Crippen molar-refractivity contribution in [1.29, 1.82) is 0 Å². The van der Waals surface area contributed by atoms with Crippen molar-refractivity contribution in [2.75, 3.05) is 81.4 Å². The molecule has 2 aromatic carbocycles. The zero-order valence-electron chi connectivity index (χ0n) is 33.4. The summed E-state index contributed by atoms with van der Waals surface area (Å²) >= 11 is 1.89. The molecule has 5 N–H and O–H groups in total. The zero-order chi connectivity index (χ0) is 41.5. The maximum atomic E-state index is 13.3. The van der Waals surface area contributed by atoms with Crippen molar-refractivity contribution in [2.24, 2.45) is 0 Å². The Morgan fingerprint density at radius 1 is 0.712 bits per heavy atom. The molecule has 0 unspecified atom stereocenters. The van der Waals surface area contributed by atoms with Crippen LogP contribution in [0.15, 0.2) is 48.5 Å². The van der Waals surface area contributed by atoms with Gasteiger partial charge in [-0.3, -0.25) is 19.2 Å². The van der Waals surface area contributed by atoms with Crippen molar-refractivity contribution in [2.45, 2.75) is 68.8 Å². The van der Waals surface area contributed by atoms with E-state index in [0.717, 1.165) is 47.4 Å². The summed E-state index contributed by atoms with van der Waals surface area (Å²) in [7, 11) is 3.17. The standard InChI is InChI=1S/C42H56N6O8S3/c49-37(12-6-5-11-36-41-34(30-57-36)46-42(53)47-41)44-19-22-55-24-26-56-25-23-54-21-16-38(50)45-20-28-59-58-27-17-39(51)43-18-15-40(52)48-29-33-9-2-1-7-31(33)13-14-32-8-3-4-10-35(32)48/h1-4,7-10,34,36,41H,5-6,11-12,15-30H2,(H,43,51)(H,44,49)(H,45,50)(H2,46,47,53)/t34-,36-,41-/m0/s1. The van der Waals surface area contributed by atoms with Crippen LogP contribution in [0.25, 0.3) is 0 Å². The minimum Gasteiger partial charge on any atom is -0.379 e. The number of nitrogens with zero attached hydrogens (tertiary/aromatic N) is 1. The summed E-state index contributed by atoms with van der Waals surface area (Å²) in [6.45, 7) is 3.98. The molecular formula is C42H56N6O8S3. The molecule has 0 aromatic heterocycles. The van der Waals surface area contributed by atoms with Gasteiger partial charge in [0.05, 0.1) is 64.0 Å². The van der Waals surface area contributed by atoms with Gasteiger partial charge in [0.1, 0.15) is 0 Å². The van der Waals surface area contributed by atoms with Gasteiger partial charge in [-0.25, -0.2) is 4.79 Å². The number of ether oxygens (including phenoxy) is 3. The fraction of sp³-hybridized carbons (Fsp3) is 0.548. The van der Waals surface area contributed by atoms with Crippen molar-refractivity contribution in [3.63, 3.8) is 0 Å². The minimum atomic E-state index is -0.101. The van der Waals surface area contributed by atoms with Gasteiger partial charge in [0, 0.05) is 79.0 Å². The van der Waals surface area contributed by atoms with Gasteiger partial charge in [-0.1, -0.05) is 70.2 Å². The normalized spacial score (nSPS) is 17.5. The lowest BCUT2D eigenvalue weighted by atomic mass is 10.0. The van der Waals surface area contributed by atoms with E-state index in [1.165, 1.54) is 0 Å². The lowest BCUT2D eigenvalue weighted by Crippen LogP contribution is -2.36. The van der Waals surface area contributed by atoms with Crippen LogP contribution in [0.5, 0.6) is 0 Å². The van der Waals surface area contributed by atoms with E-state index >= 15 is 0 Å². The van der Waals surface area contributed by atoms with Gasteiger partial charge in [0.2, 0.25) is 23.6 Å². The summed E-state index contributed by atoms with van der Waals surface area (Å²) in [6.07, 6.45) is 4.05. The maximum Gasteiger partial charge on any atom is 0.315 e. The van der Waals surface area contributed by atoms with Crippen LogP contribution >= 0.6 is 33.3 Å². The average molecular weight is 869 g/mol. The first-order chi connectivity index (χ1) is 28.9. The van der Waals surface area contributed by atoms with Crippen molar-refractivity contribution < 1.29 is 38.2 Å². The first kappa shape index (κ1) is 46.2. The number of para-hydroxylation sites is 1. The number of amides is 6. The average Bonchev–Trinajstić information content (AvgIpc) is 3.79. The lowest BCUT2D eigenvalue weighted by Gasteiger charge is -2.26. The van der Waals surface area contributed by atoms with Gasteiger partial charge in [-0.2, -0.15) is 11.8 Å². The Hall–Kier alpha value is -3.92. The maximum absolute atomic E-state index is 13.3. The summed E-state index contributed by atoms with van der Waals surface area (Å²) in [5.41, 5.74) is 3.47. The van der Waals surface area contributed by atoms with Crippen LogP contribution in [0.3, 0.4) is 0 Å². The summed E-state index contributed by atoms with van der Waals surface area (Å²) < 4.78 is 16.5. The molecule has 59 heavy (non-hydrogen) atoms. The predicted molar refractivity (Wildman–Crippen MR) is 234 cm³/mol. The number of benzene rings is 2. The zero-order valence-corrected chi connectivity index (χ0v) is 35.9. The molecular weight excluding hydrogens is 813 g/mol. The number of nitrogens with one attached hydrogen (secondary N) is 5. The van der Waals surface area contributed by atoms with E-state index < -0.39 is 0 Å². The molecule has 3 aliphatic rings.